The average Bonchev–Trinajstić information content (AvgIpc) is 2.50. The molecule has 0 amide bonds. The summed E-state index contributed by atoms with van der Waals surface area (Å²) in [5.41, 5.74) is 1.54. The van der Waals surface area contributed by atoms with Crippen molar-refractivity contribution in [3.8, 4) is 11.1 Å². The maximum Gasteiger partial charge on any atom is 0.261 e. The molecule has 1 aromatic carbocycles. The minimum absolute atomic E-state index is 0.00583. The zero-order valence-electron chi connectivity index (χ0n) is 12.8. The van der Waals surface area contributed by atoms with Gasteiger partial charge in [-0.25, -0.2) is 4.98 Å². The molecule has 0 saturated heterocycles. The highest BCUT2D eigenvalue weighted by molar-refractivity contribution is 5.61. The van der Waals surface area contributed by atoms with Gasteiger partial charge in [0, 0.05) is 13.2 Å². The number of benzene rings is 1. The maximum atomic E-state index is 11.9. The van der Waals surface area contributed by atoms with Crippen molar-refractivity contribution in [1.29, 1.82) is 0 Å². The fraction of sp³-hybridized carbons (Fsp3) is 0.375. The van der Waals surface area contributed by atoms with Gasteiger partial charge >= 0.3 is 0 Å². The van der Waals surface area contributed by atoms with E-state index in [4.69, 9.17) is 0 Å². The van der Waals surface area contributed by atoms with Gasteiger partial charge in [0.25, 0.3) is 5.56 Å². The predicted octanol–water partition coefficient (Wildman–Crippen LogP) is 3.81. The third-order valence-corrected chi connectivity index (χ3v) is 2.49. The fourth-order valence-corrected chi connectivity index (χ4v) is 1.44. The van der Waals surface area contributed by atoms with Gasteiger partial charge in [0.1, 0.15) is 5.82 Å². The first-order valence-corrected chi connectivity index (χ1v) is 6.78. The molecule has 0 bridgehead atoms. The van der Waals surface area contributed by atoms with Gasteiger partial charge in [-0.3, -0.25) is 9.36 Å². The summed E-state index contributed by atoms with van der Waals surface area (Å²) in [4.78, 5) is 16.1. The molecular weight excluding hydrogens is 236 g/mol. The van der Waals surface area contributed by atoms with Crippen LogP contribution in [0.1, 0.15) is 33.5 Å². The molecule has 0 spiro atoms. The molecule has 1 heterocycles. The SMILES string of the molecule is CC.CC.Cc1ncc(-c2ccccc2)c(=O)n1C. The smallest absolute Gasteiger partial charge is 0.261 e. The zero-order valence-corrected chi connectivity index (χ0v) is 12.8. The van der Waals surface area contributed by atoms with E-state index in [1.165, 1.54) is 0 Å². The van der Waals surface area contributed by atoms with Crippen LogP contribution in [0.2, 0.25) is 0 Å². The Balaban J connectivity index is 0.000000741. The number of aromatic nitrogens is 2. The van der Waals surface area contributed by atoms with Crippen molar-refractivity contribution in [1.82, 2.24) is 9.55 Å². The summed E-state index contributed by atoms with van der Waals surface area (Å²) in [5, 5.41) is 0. The van der Waals surface area contributed by atoms with Crippen molar-refractivity contribution in [2.45, 2.75) is 34.6 Å². The van der Waals surface area contributed by atoms with Crippen LogP contribution in [0.15, 0.2) is 41.3 Å². The molecule has 0 aliphatic rings. The summed E-state index contributed by atoms with van der Waals surface area (Å²) < 4.78 is 1.56. The Bertz CT molecular complexity index is 530. The fourth-order valence-electron chi connectivity index (χ4n) is 1.44. The number of hydrogen-bond donors (Lipinski definition) is 0. The Hall–Kier alpha value is -1.90. The molecule has 1 aromatic heterocycles. The Labute approximate surface area is 116 Å². The summed E-state index contributed by atoms with van der Waals surface area (Å²) in [5.74, 6) is 0.722. The highest BCUT2D eigenvalue weighted by atomic mass is 16.1. The van der Waals surface area contributed by atoms with E-state index in [1.807, 2.05) is 65.0 Å². The molecule has 3 nitrogen and oxygen atoms in total. The highest BCUT2D eigenvalue weighted by Crippen LogP contribution is 2.13. The lowest BCUT2D eigenvalue weighted by Crippen LogP contribution is -2.21. The first kappa shape index (κ1) is 17.1. The molecule has 0 N–H and O–H groups in total. The average molecular weight is 260 g/mol. The number of hydrogen-bond acceptors (Lipinski definition) is 2. The van der Waals surface area contributed by atoms with E-state index in [-0.39, 0.29) is 5.56 Å². The Morgan fingerprint density at radius 1 is 1.00 bits per heavy atom. The predicted molar refractivity (Wildman–Crippen MR) is 82.3 cm³/mol. The molecule has 3 heteroatoms. The van der Waals surface area contributed by atoms with Crippen molar-refractivity contribution < 1.29 is 0 Å². The third kappa shape index (κ3) is 4.36. The van der Waals surface area contributed by atoms with Crippen LogP contribution in [0.3, 0.4) is 0 Å². The van der Waals surface area contributed by atoms with Crippen LogP contribution >= 0.6 is 0 Å². The maximum absolute atomic E-state index is 11.9. The second-order valence-corrected chi connectivity index (χ2v) is 3.45. The van der Waals surface area contributed by atoms with Crippen LogP contribution in [0, 0.1) is 6.92 Å². The first-order valence-electron chi connectivity index (χ1n) is 6.78. The number of rotatable bonds is 1. The Morgan fingerprint density at radius 3 is 2.05 bits per heavy atom. The van der Waals surface area contributed by atoms with Gasteiger partial charge in [0.15, 0.2) is 0 Å². The van der Waals surface area contributed by atoms with Gasteiger partial charge < -0.3 is 0 Å². The quantitative estimate of drug-likeness (QED) is 0.781. The summed E-state index contributed by atoms with van der Waals surface area (Å²) in [6.07, 6.45) is 1.63. The third-order valence-electron chi connectivity index (χ3n) is 2.49. The molecule has 0 aliphatic carbocycles. The molecule has 0 aliphatic heterocycles. The van der Waals surface area contributed by atoms with E-state index >= 15 is 0 Å². The van der Waals surface area contributed by atoms with Crippen LogP contribution in [-0.2, 0) is 7.05 Å². The van der Waals surface area contributed by atoms with E-state index < -0.39 is 0 Å². The van der Waals surface area contributed by atoms with Crippen LogP contribution in [0.25, 0.3) is 11.1 Å². The number of aryl methyl sites for hydroxylation is 1. The minimum atomic E-state index is -0.00583. The van der Waals surface area contributed by atoms with Crippen LogP contribution < -0.4 is 5.56 Å². The minimum Gasteiger partial charge on any atom is -0.300 e. The molecular formula is C16H24N2O. The van der Waals surface area contributed by atoms with Crippen LogP contribution in [0.4, 0.5) is 0 Å². The van der Waals surface area contributed by atoms with Crippen LogP contribution in [-0.4, -0.2) is 9.55 Å². The van der Waals surface area contributed by atoms with E-state index in [2.05, 4.69) is 4.98 Å². The highest BCUT2D eigenvalue weighted by Gasteiger charge is 2.05. The molecule has 0 radical (unpaired) electrons. The second kappa shape index (κ2) is 9.09. The van der Waals surface area contributed by atoms with Crippen molar-refractivity contribution in [2.75, 3.05) is 0 Å². The normalized spacial score (nSPS) is 8.74. The zero-order chi connectivity index (χ0) is 14.8. The number of nitrogens with zero attached hydrogens (tertiary/aromatic N) is 2. The van der Waals surface area contributed by atoms with Gasteiger partial charge in [0.05, 0.1) is 5.56 Å². The Kier molecular flexibility index (Phi) is 8.18. The van der Waals surface area contributed by atoms with Gasteiger partial charge in [-0.2, -0.15) is 0 Å². The van der Waals surface area contributed by atoms with Gasteiger partial charge in [0.2, 0.25) is 0 Å². The summed E-state index contributed by atoms with van der Waals surface area (Å²) >= 11 is 0. The molecule has 0 atom stereocenters. The van der Waals surface area contributed by atoms with Gasteiger partial charge in [-0.05, 0) is 12.5 Å². The van der Waals surface area contributed by atoms with E-state index in [0.717, 1.165) is 11.4 Å². The molecule has 0 saturated carbocycles. The van der Waals surface area contributed by atoms with Crippen molar-refractivity contribution in [3.05, 3.63) is 52.7 Å². The summed E-state index contributed by atoms with van der Waals surface area (Å²) in [6.45, 7) is 9.82. The lowest BCUT2D eigenvalue weighted by Gasteiger charge is -2.05. The standard InChI is InChI=1S/C12H12N2O.2C2H6/c1-9-13-8-11(12(15)14(9)2)10-6-4-3-5-7-10;2*1-2/h3-8H,1-2H3;2*1-2H3. The molecule has 0 unspecified atom stereocenters. The lowest BCUT2D eigenvalue weighted by molar-refractivity contribution is 0.777. The summed E-state index contributed by atoms with van der Waals surface area (Å²) in [7, 11) is 1.73. The Morgan fingerprint density at radius 2 is 1.53 bits per heavy atom. The molecule has 0 fully saturated rings. The van der Waals surface area contributed by atoms with E-state index in [0.29, 0.717) is 5.56 Å². The van der Waals surface area contributed by atoms with Crippen molar-refractivity contribution in [2.24, 2.45) is 7.05 Å². The van der Waals surface area contributed by atoms with E-state index in [1.54, 1.807) is 17.8 Å². The monoisotopic (exact) mass is 260 g/mol. The van der Waals surface area contributed by atoms with Gasteiger partial charge in [-0.15, -0.1) is 0 Å². The molecule has 104 valence electrons. The molecule has 2 aromatic rings. The summed E-state index contributed by atoms with van der Waals surface area (Å²) in [6, 6.07) is 9.57. The van der Waals surface area contributed by atoms with Crippen molar-refractivity contribution >= 4 is 0 Å². The van der Waals surface area contributed by atoms with Gasteiger partial charge in [-0.1, -0.05) is 58.0 Å². The largest absolute Gasteiger partial charge is 0.300 e. The molecule has 2 rings (SSSR count). The lowest BCUT2D eigenvalue weighted by atomic mass is 10.1. The van der Waals surface area contributed by atoms with Crippen LogP contribution in [0.5, 0.6) is 0 Å². The molecule has 19 heavy (non-hydrogen) atoms. The van der Waals surface area contributed by atoms with E-state index in [9.17, 15) is 4.79 Å². The first-order chi connectivity index (χ1) is 9.20. The topological polar surface area (TPSA) is 34.9 Å². The second-order valence-electron chi connectivity index (χ2n) is 3.45. The van der Waals surface area contributed by atoms with Crippen molar-refractivity contribution in [3.63, 3.8) is 0 Å².